The summed E-state index contributed by atoms with van der Waals surface area (Å²) in [4.78, 5) is 10.9. The van der Waals surface area contributed by atoms with Gasteiger partial charge >= 0.3 is 5.97 Å². The molecule has 1 saturated heterocycles. The van der Waals surface area contributed by atoms with Crippen molar-refractivity contribution < 1.29 is 23.7 Å². The third-order valence-corrected chi connectivity index (χ3v) is 2.25. The highest BCUT2D eigenvalue weighted by atomic mass is 16.8. The van der Waals surface area contributed by atoms with E-state index in [1.807, 2.05) is 13.8 Å². The van der Waals surface area contributed by atoms with E-state index in [2.05, 4.69) is 4.74 Å². The van der Waals surface area contributed by atoms with Crippen molar-refractivity contribution in [2.75, 3.05) is 7.11 Å². The second-order valence-electron chi connectivity index (χ2n) is 4.01. The maximum atomic E-state index is 10.9. The van der Waals surface area contributed by atoms with E-state index in [0.717, 1.165) is 0 Å². The zero-order valence-corrected chi connectivity index (χ0v) is 9.43. The number of ether oxygens (including phenoxy) is 4. The molecule has 2 aliphatic rings. The maximum absolute atomic E-state index is 10.9. The van der Waals surface area contributed by atoms with Crippen LogP contribution in [0, 0.1) is 0 Å². The van der Waals surface area contributed by atoms with Gasteiger partial charge in [0.25, 0.3) is 0 Å². The molecule has 2 heterocycles. The van der Waals surface area contributed by atoms with Gasteiger partial charge in [-0.3, -0.25) is 0 Å². The van der Waals surface area contributed by atoms with Crippen molar-refractivity contribution in [1.82, 2.24) is 0 Å². The number of allylic oxidation sites excluding steroid dienone is 1. The third-order valence-electron chi connectivity index (χ3n) is 2.25. The molecule has 0 aromatic rings. The van der Waals surface area contributed by atoms with Crippen LogP contribution in [-0.2, 0) is 23.7 Å². The van der Waals surface area contributed by atoms with Gasteiger partial charge in [-0.1, -0.05) is 0 Å². The molecule has 5 nitrogen and oxygen atoms in total. The molecule has 16 heavy (non-hydrogen) atoms. The topological polar surface area (TPSA) is 54.0 Å². The van der Waals surface area contributed by atoms with E-state index in [4.69, 9.17) is 14.2 Å². The largest absolute Gasteiger partial charge is 0.466 e. The zero-order chi connectivity index (χ0) is 11.8. The second kappa shape index (κ2) is 3.92. The Hall–Kier alpha value is -1.33. The van der Waals surface area contributed by atoms with Gasteiger partial charge in [-0.15, -0.1) is 0 Å². The quantitative estimate of drug-likeness (QED) is 0.521. The minimum absolute atomic E-state index is 0.215. The van der Waals surface area contributed by atoms with Crippen molar-refractivity contribution in [3.05, 3.63) is 24.0 Å². The Morgan fingerprint density at radius 1 is 1.50 bits per heavy atom. The molecule has 0 N–H and O–H groups in total. The van der Waals surface area contributed by atoms with Gasteiger partial charge in [-0.05, 0) is 26.0 Å². The van der Waals surface area contributed by atoms with Crippen LogP contribution in [0.4, 0.5) is 0 Å². The Kier molecular flexibility index (Phi) is 2.73. The summed E-state index contributed by atoms with van der Waals surface area (Å²) in [6.45, 7) is 3.65. The van der Waals surface area contributed by atoms with Gasteiger partial charge < -0.3 is 18.9 Å². The lowest BCUT2D eigenvalue weighted by Gasteiger charge is -2.17. The van der Waals surface area contributed by atoms with E-state index in [-0.39, 0.29) is 6.10 Å². The number of fused-ring (bicyclic) bond motifs is 1. The standard InChI is InChI=1S/C11H14O5/c1-11(2)15-8-6-7(14-10(8)16-11)4-5-9(12)13-3/h4-6,8,10H,1-3H3/b5-4+/t8-,10-/m1/s1. The molecule has 0 amide bonds. The first-order valence-electron chi connectivity index (χ1n) is 5.00. The molecule has 88 valence electrons. The van der Waals surface area contributed by atoms with E-state index in [1.54, 1.807) is 6.08 Å². The zero-order valence-electron chi connectivity index (χ0n) is 9.43. The summed E-state index contributed by atoms with van der Waals surface area (Å²) in [6.07, 6.45) is 3.96. The van der Waals surface area contributed by atoms with Crippen LogP contribution in [0.15, 0.2) is 24.0 Å². The number of methoxy groups -OCH3 is 1. The van der Waals surface area contributed by atoms with Gasteiger partial charge in [0, 0.05) is 6.08 Å². The average Bonchev–Trinajstić information content (AvgIpc) is 2.67. The van der Waals surface area contributed by atoms with Gasteiger partial charge in [0.2, 0.25) is 6.29 Å². The molecule has 2 rings (SSSR count). The number of carbonyl (C=O) groups is 1. The average molecular weight is 226 g/mol. The fourth-order valence-corrected chi connectivity index (χ4v) is 1.61. The van der Waals surface area contributed by atoms with Crippen LogP contribution in [0.5, 0.6) is 0 Å². The monoisotopic (exact) mass is 226 g/mol. The highest BCUT2D eigenvalue weighted by Crippen LogP contribution is 2.35. The van der Waals surface area contributed by atoms with Crippen LogP contribution in [0.25, 0.3) is 0 Å². The highest BCUT2D eigenvalue weighted by Gasteiger charge is 2.45. The predicted molar refractivity (Wildman–Crippen MR) is 54.1 cm³/mol. The van der Waals surface area contributed by atoms with E-state index >= 15 is 0 Å². The van der Waals surface area contributed by atoms with E-state index in [0.29, 0.717) is 5.76 Å². The molecule has 0 aliphatic carbocycles. The summed E-state index contributed by atoms with van der Waals surface area (Å²) in [5.74, 6) is -0.497. The van der Waals surface area contributed by atoms with Crippen molar-refractivity contribution in [3.8, 4) is 0 Å². The number of rotatable bonds is 2. The molecule has 5 heteroatoms. The van der Waals surface area contributed by atoms with Crippen molar-refractivity contribution in [1.29, 1.82) is 0 Å². The first-order chi connectivity index (χ1) is 7.50. The molecule has 1 fully saturated rings. The fraction of sp³-hybridized carbons (Fsp3) is 0.545. The summed E-state index contributed by atoms with van der Waals surface area (Å²) in [7, 11) is 1.32. The first kappa shape index (κ1) is 11.2. The summed E-state index contributed by atoms with van der Waals surface area (Å²) in [5.41, 5.74) is 0. The van der Waals surface area contributed by atoms with Gasteiger partial charge in [0.05, 0.1) is 7.11 Å². The molecule has 0 unspecified atom stereocenters. The van der Waals surface area contributed by atoms with Crippen molar-refractivity contribution in [3.63, 3.8) is 0 Å². The Morgan fingerprint density at radius 2 is 2.25 bits per heavy atom. The van der Waals surface area contributed by atoms with Gasteiger partial charge in [0.1, 0.15) is 11.9 Å². The van der Waals surface area contributed by atoms with Crippen LogP contribution in [0.1, 0.15) is 13.8 Å². The van der Waals surface area contributed by atoms with Gasteiger partial charge in [-0.25, -0.2) is 4.79 Å². The maximum Gasteiger partial charge on any atom is 0.330 e. The molecule has 0 aromatic carbocycles. The van der Waals surface area contributed by atoms with Crippen LogP contribution in [0.3, 0.4) is 0 Å². The van der Waals surface area contributed by atoms with Crippen LogP contribution in [0.2, 0.25) is 0 Å². The van der Waals surface area contributed by atoms with E-state index < -0.39 is 18.0 Å². The third kappa shape index (κ3) is 2.25. The molecule has 0 aromatic heterocycles. The molecule has 0 spiro atoms. The minimum atomic E-state index is -0.622. The van der Waals surface area contributed by atoms with Gasteiger partial charge in [0.15, 0.2) is 5.79 Å². The van der Waals surface area contributed by atoms with Crippen molar-refractivity contribution >= 4 is 5.97 Å². The highest BCUT2D eigenvalue weighted by molar-refractivity contribution is 5.82. The Balaban J connectivity index is 1.98. The second-order valence-corrected chi connectivity index (χ2v) is 4.01. The SMILES string of the molecule is COC(=O)/C=C/C1=C[C@H]2OC(C)(C)O[C@H]2O1. The number of hydrogen-bond acceptors (Lipinski definition) is 5. The van der Waals surface area contributed by atoms with Gasteiger partial charge in [-0.2, -0.15) is 0 Å². The molecule has 0 saturated carbocycles. The Bertz CT molecular complexity index is 355. The first-order valence-corrected chi connectivity index (χ1v) is 5.00. The fourth-order valence-electron chi connectivity index (χ4n) is 1.61. The molecule has 2 aliphatic heterocycles. The molecule has 0 radical (unpaired) electrons. The van der Waals surface area contributed by atoms with Crippen LogP contribution in [-0.4, -0.2) is 31.3 Å². The van der Waals surface area contributed by atoms with E-state index in [1.165, 1.54) is 19.3 Å². The number of carbonyl (C=O) groups excluding carboxylic acids is 1. The Morgan fingerprint density at radius 3 is 2.88 bits per heavy atom. The lowest BCUT2D eigenvalue weighted by atomic mass is 10.3. The van der Waals surface area contributed by atoms with Crippen LogP contribution >= 0.6 is 0 Å². The Labute approximate surface area is 93.6 Å². The normalized spacial score (nSPS) is 31.1. The summed E-state index contributed by atoms with van der Waals surface area (Å²) >= 11 is 0. The lowest BCUT2D eigenvalue weighted by molar-refractivity contribution is -0.180. The van der Waals surface area contributed by atoms with E-state index in [9.17, 15) is 4.79 Å². The summed E-state index contributed by atoms with van der Waals surface area (Å²) in [5, 5.41) is 0. The van der Waals surface area contributed by atoms with Crippen LogP contribution < -0.4 is 0 Å². The molecule has 0 bridgehead atoms. The lowest BCUT2D eigenvalue weighted by Crippen LogP contribution is -2.22. The van der Waals surface area contributed by atoms with Crippen molar-refractivity contribution in [2.24, 2.45) is 0 Å². The minimum Gasteiger partial charge on any atom is -0.466 e. The predicted octanol–water partition coefficient (Wildman–Crippen LogP) is 1.11. The smallest absolute Gasteiger partial charge is 0.330 e. The molecule has 2 atom stereocenters. The summed E-state index contributed by atoms with van der Waals surface area (Å²) < 4.78 is 21.0. The number of esters is 1. The molecular formula is C11H14O5. The van der Waals surface area contributed by atoms with Crippen molar-refractivity contribution in [2.45, 2.75) is 32.0 Å². The molecular weight excluding hydrogens is 212 g/mol. The number of hydrogen-bond donors (Lipinski definition) is 0. The summed E-state index contributed by atoms with van der Waals surface area (Å²) in [6, 6.07) is 0.